The summed E-state index contributed by atoms with van der Waals surface area (Å²) in [7, 11) is 2.08. The highest BCUT2D eigenvalue weighted by molar-refractivity contribution is 5.88. The molecule has 5 heteroatoms. The number of aromatic nitrogens is 1. The highest BCUT2D eigenvalue weighted by Crippen LogP contribution is 2.36. The first-order valence-corrected chi connectivity index (χ1v) is 8.33. The number of nitrogens with zero attached hydrogens (tertiary/aromatic N) is 2. The molecule has 2 nitrogen and oxygen atoms in total. The van der Waals surface area contributed by atoms with Crippen LogP contribution in [-0.2, 0) is 19.1 Å². The number of halogens is 3. The van der Waals surface area contributed by atoms with Crippen LogP contribution in [0.4, 0.5) is 13.2 Å². The first-order chi connectivity index (χ1) is 11.8. The van der Waals surface area contributed by atoms with Gasteiger partial charge >= 0.3 is 6.18 Å². The van der Waals surface area contributed by atoms with Gasteiger partial charge in [0.05, 0.1) is 11.1 Å². The highest BCUT2D eigenvalue weighted by Gasteiger charge is 2.31. The molecule has 4 rings (SSSR count). The second-order valence-electron chi connectivity index (χ2n) is 6.82. The molecule has 0 N–H and O–H groups in total. The second kappa shape index (κ2) is 5.63. The minimum atomic E-state index is -4.34. The average molecular weight is 344 g/mol. The Morgan fingerprint density at radius 3 is 2.60 bits per heavy atom. The van der Waals surface area contributed by atoms with Crippen molar-refractivity contribution < 1.29 is 13.2 Å². The first kappa shape index (κ1) is 16.2. The van der Waals surface area contributed by atoms with Crippen LogP contribution in [-0.4, -0.2) is 23.1 Å². The van der Waals surface area contributed by atoms with Crippen molar-refractivity contribution in [1.82, 2.24) is 9.47 Å². The largest absolute Gasteiger partial charge is 0.416 e. The molecule has 1 aromatic heterocycles. The number of fused-ring (bicyclic) bond motifs is 3. The maximum atomic E-state index is 13.2. The van der Waals surface area contributed by atoms with Crippen molar-refractivity contribution in [2.75, 3.05) is 13.6 Å². The summed E-state index contributed by atoms with van der Waals surface area (Å²) in [6.07, 6.45) is -3.51. The number of hydrogen-bond acceptors (Lipinski definition) is 1. The molecule has 0 atom stereocenters. The summed E-state index contributed by atoms with van der Waals surface area (Å²) in [4.78, 5) is 2.25. The van der Waals surface area contributed by atoms with Crippen LogP contribution in [0.3, 0.4) is 0 Å². The number of rotatable bonds is 1. The molecule has 2 heterocycles. The predicted molar refractivity (Wildman–Crippen MR) is 93.1 cm³/mol. The molecule has 1 aliphatic rings. The first-order valence-electron chi connectivity index (χ1n) is 8.33. The summed E-state index contributed by atoms with van der Waals surface area (Å²) < 4.78 is 41.5. The van der Waals surface area contributed by atoms with Gasteiger partial charge in [-0.05, 0) is 49.9 Å². The zero-order valence-electron chi connectivity index (χ0n) is 14.2. The Morgan fingerprint density at radius 2 is 1.84 bits per heavy atom. The monoisotopic (exact) mass is 344 g/mol. The molecule has 0 unspecified atom stereocenters. The molecule has 0 saturated carbocycles. The number of likely N-dealkylation sites (N-methyl/N-ethyl adjacent to an activating group) is 1. The van der Waals surface area contributed by atoms with Gasteiger partial charge in [-0.25, -0.2) is 0 Å². The highest BCUT2D eigenvalue weighted by atomic mass is 19.4. The molecule has 0 fully saturated rings. The van der Waals surface area contributed by atoms with Crippen LogP contribution in [0, 0.1) is 6.92 Å². The van der Waals surface area contributed by atoms with Gasteiger partial charge in [0.15, 0.2) is 0 Å². The fraction of sp³-hybridized carbons (Fsp3) is 0.300. The van der Waals surface area contributed by atoms with E-state index >= 15 is 0 Å². The number of hydrogen-bond donors (Lipinski definition) is 0. The molecule has 0 bridgehead atoms. The predicted octanol–water partition coefficient (Wildman–Crippen LogP) is 4.95. The normalized spacial score (nSPS) is 15.6. The van der Waals surface area contributed by atoms with Crippen LogP contribution in [0.2, 0.25) is 0 Å². The molecular formula is C20H19F3N2. The number of benzene rings is 2. The van der Waals surface area contributed by atoms with Crippen LogP contribution in [0.15, 0.2) is 42.5 Å². The van der Waals surface area contributed by atoms with E-state index in [0.29, 0.717) is 5.69 Å². The standard InChI is InChI=1S/C20H19F3N2/c1-13-6-7-18-16(10-13)17-12-24(2)9-8-19(17)25(18)15-5-3-4-14(11-15)20(21,22)23/h3-7,10-11H,8-9,12H2,1-2H3. The van der Waals surface area contributed by atoms with Crippen molar-refractivity contribution in [2.24, 2.45) is 0 Å². The van der Waals surface area contributed by atoms with Crippen molar-refractivity contribution in [3.63, 3.8) is 0 Å². The molecule has 0 aliphatic carbocycles. The molecule has 0 saturated heterocycles. The number of alkyl halides is 3. The molecule has 1 aliphatic heterocycles. The maximum absolute atomic E-state index is 13.2. The third-order valence-electron chi connectivity index (χ3n) is 4.93. The van der Waals surface area contributed by atoms with E-state index in [-0.39, 0.29) is 0 Å². The number of aryl methyl sites for hydroxylation is 1. The SMILES string of the molecule is Cc1ccc2c(c1)c1c(n2-c2cccc(C(F)(F)F)c2)CCN(C)C1. The van der Waals surface area contributed by atoms with Crippen LogP contribution < -0.4 is 0 Å². The Kier molecular flexibility index (Phi) is 3.65. The fourth-order valence-electron chi connectivity index (χ4n) is 3.72. The van der Waals surface area contributed by atoms with E-state index in [1.54, 1.807) is 6.07 Å². The van der Waals surface area contributed by atoms with Gasteiger partial charge in [-0.3, -0.25) is 0 Å². The van der Waals surface area contributed by atoms with Gasteiger partial charge in [0.1, 0.15) is 0 Å². The van der Waals surface area contributed by atoms with Crippen molar-refractivity contribution in [3.8, 4) is 5.69 Å². The van der Waals surface area contributed by atoms with Crippen molar-refractivity contribution in [2.45, 2.75) is 26.1 Å². The summed E-state index contributed by atoms with van der Waals surface area (Å²) in [6.45, 7) is 3.77. The van der Waals surface area contributed by atoms with Crippen molar-refractivity contribution in [1.29, 1.82) is 0 Å². The lowest BCUT2D eigenvalue weighted by molar-refractivity contribution is -0.137. The minimum absolute atomic E-state index is 0.578. The van der Waals surface area contributed by atoms with Crippen LogP contribution in [0.25, 0.3) is 16.6 Å². The van der Waals surface area contributed by atoms with E-state index in [1.165, 1.54) is 17.7 Å². The Hall–Kier alpha value is -2.27. The molecule has 0 amide bonds. The van der Waals surface area contributed by atoms with E-state index in [4.69, 9.17) is 0 Å². The van der Waals surface area contributed by atoms with Gasteiger partial charge in [0.25, 0.3) is 0 Å². The Bertz CT molecular complexity index is 953. The van der Waals surface area contributed by atoms with E-state index in [1.807, 2.05) is 23.6 Å². The maximum Gasteiger partial charge on any atom is 0.416 e. The van der Waals surface area contributed by atoms with Crippen molar-refractivity contribution in [3.05, 3.63) is 64.8 Å². The van der Waals surface area contributed by atoms with Gasteiger partial charge in [-0.15, -0.1) is 0 Å². The third kappa shape index (κ3) is 2.72. The smallest absolute Gasteiger partial charge is 0.313 e. The van der Waals surface area contributed by atoms with Gasteiger partial charge in [0, 0.05) is 36.3 Å². The average Bonchev–Trinajstić information content (AvgIpc) is 2.87. The molecule has 130 valence electrons. The Balaban J connectivity index is 2.00. The second-order valence-corrected chi connectivity index (χ2v) is 6.82. The summed E-state index contributed by atoms with van der Waals surface area (Å²) in [5, 5.41) is 1.14. The Labute approximate surface area is 144 Å². The van der Waals surface area contributed by atoms with E-state index < -0.39 is 11.7 Å². The fourth-order valence-corrected chi connectivity index (χ4v) is 3.72. The van der Waals surface area contributed by atoms with E-state index in [9.17, 15) is 13.2 Å². The molecule has 3 aromatic rings. The van der Waals surface area contributed by atoms with Crippen molar-refractivity contribution >= 4 is 10.9 Å². The molecule has 0 spiro atoms. The summed E-state index contributed by atoms with van der Waals surface area (Å²) >= 11 is 0. The topological polar surface area (TPSA) is 8.17 Å². The van der Waals surface area contributed by atoms with Crippen LogP contribution >= 0.6 is 0 Å². The minimum Gasteiger partial charge on any atom is -0.313 e. The molecule has 2 aromatic carbocycles. The van der Waals surface area contributed by atoms with Crippen LogP contribution in [0.5, 0.6) is 0 Å². The lowest BCUT2D eigenvalue weighted by atomic mass is 10.0. The van der Waals surface area contributed by atoms with E-state index in [2.05, 4.69) is 18.0 Å². The zero-order valence-corrected chi connectivity index (χ0v) is 14.2. The van der Waals surface area contributed by atoms with E-state index in [0.717, 1.165) is 47.7 Å². The van der Waals surface area contributed by atoms with Gasteiger partial charge in [-0.2, -0.15) is 13.2 Å². The van der Waals surface area contributed by atoms with Gasteiger partial charge < -0.3 is 9.47 Å². The van der Waals surface area contributed by atoms with Crippen LogP contribution in [0.1, 0.15) is 22.4 Å². The summed E-state index contributed by atoms with van der Waals surface area (Å²) in [6, 6.07) is 11.8. The lowest BCUT2D eigenvalue weighted by Gasteiger charge is -2.24. The molecule has 0 radical (unpaired) electrons. The molecular weight excluding hydrogens is 325 g/mol. The summed E-state index contributed by atoms with van der Waals surface area (Å²) in [5.74, 6) is 0. The van der Waals surface area contributed by atoms with Gasteiger partial charge in [0.2, 0.25) is 0 Å². The summed E-state index contributed by atoms with van der Waals surface area (Å²) in [5.41, 5.74) is 4.45. The lowest BCUT2D eigenvalue weighted by Crippen LogP contribution is -2.27. The third-order valence-corrected chi connectivity index (χ3v) is 4.93. The Morgan fingerprint density at radius 1 is 1.04 bits per heavy atom. The van der Waals surface area contributed by atoms with Gasteiger partial charge in [-0.1, -0.05) is 17.7 Å². The zero-order chi connectivity index (χ0) is 17.8. The molecule has 25 heavy (non-hydrogen) atoms. The quantitative estimate of drug-likeness (QED) is 0.607.